The summed E-state index contributed by atoms with van der Waals surface area (Å²) >= 11 is 0. The van der Waals surface area contributed by atoms with Gasteiger partial charge in [-0.1, -0.05) is 37.3 Å². The van der Waals surface area contributed by atoms with Gasteiger partial charge in [-0.15, -0.1) is 0 Å². The molecule has 0 unspecified atom stereocenters. The summed E-state index contributed by atoms with van der Waals surface area (Å²) in [7, 11) is 1.62. The van der Waals surface area contributed by atoms with Crippen LogP contribution in [-0.2, 0) is 16.1 Å². The fourth-order valence-electron chi connectivity index (χ4n) is 1.71. The van der Waals surface area contributed by atoms with Gasteiger partial charge in [0.1, 0.15) is 0 Å². The van der Waals surface area contributed by atoms with Crippen LogP contribution in [-0.4, -0.2) is 31.5 Å². The Morgan fingerprint density at radius 3 is 2.53 bits per heavy atom. The lowest BCUT2D eigenvalue weighted by atomic mass is 10.1. The van der Waals surface area contributed by atoms with Crippen LogP contribution in [0.1, 0.15) is 18.9 Å². The number of benzene rings is 1. The molecule has 0 bridgehead atoms. The summed E-state index contributed by atoms with van der Waals surface area (Å²) in [6.45, 7) is 3.50. The Kier molecular flexibility index (Phi) is 6.86. The molecule has 0 spiro atoms. The van der Waals surface area contributed by atoms with Crippen LogP contribution in [0.3, 0.4) is 0 Å². The molecule has 17 heavy (non-hydrogen) atoms. The van der Waals surface area contributed by atoms with Crippen LogP contribution < -0.4 is 0 Å². The zero-order valence-corrected chi connectivity index (χ0v) is 10.6. The first kappa shape index (κ1) is 14.2. The topological polar surface area (TPSA) is 38.7 Å². The van der Waals surface area contributed by atoms with Gasteiger partial charge >= 0.3 is 0 Å². The number of methoxy groups -OCH3 is 1. The summed E-state index contributed by atoms with van der Waals surface area (Å²) in [5, 5.41) is 9.01. The second kappa shape index (κ2) is 8.23. The Bertz CT molecular complexity index is 283. The van der Waals surface area contributed by atoms with Crippen LogP contribution in [0.25, 0.3) is 0 Å². The highest BCUT2D eigenvalue weighted by Crippen LogP contribution is 2.10. The van der Waals surface area contributed by atoms with E-state index in [1.807, 2.05) is 18.2 Å². The van der Waals surface area contributed by atoms with Gasteiger partial charge in [0.25, 0.3) is 0 Å². The van der Waals surface area contributed by atoms with Gasteiger partial charge in [0.2, 0.25) is 0 Å². The zero-order chi connectivity index (χ0) is 12.5. The van der Waals surface area contributed by atoms with Gasteiger partial charge < -0.3 is 14.6 Å². The van der Waals surface area contributed by atoms with Crippen molar-refractivity contribution in [1.29, 1.82) is 0 Å². The molecule has 0 saturated carbocycles. The Morgan fingerprint density at radius 1 is 1.24 bits per heavy atom. The van der Waals surface area contributed by atoms with Crippen LogP contribution in [0.4, 0.5) is 0 Å². The van der Waals surface area contributed by atoms with Gasteiger partial charge in [0.15, 0.2) is 0 Å². The SMILES string of the molecule is CO[C@H](CO)C[C@H](C)COCc1ccccc1. The minimum atomic E-state index is -0.0784. The molecule has 3 heteroatoms. The van der Waals surface area contributed by atoms with E-state index in [0.29, 0.717) is 19.1 Å². The van der Waals surface area contributed by atoms with Crippen molar-refractivity contribution < 1.29 is 14.6 Å². The van der Waals surface area contributed by atoms with E-state index in [2.05, 4.69) is 19.1 Å². The van der Waals surface area contributed by atoms with Crippen molar-refractivity contribution >= 4 is 0 Å². The molecule has 0 saturated heterocycles. The molecule has 1 rings (SSSR count). The molecule has 0 aliphatic heterocycles. The van der Waals surface area contributed by atoms with E-state index in [4.69, 9.17) is 14.6 Å². The van der Waals surface area contributed by atoms with E-state index in [-0.39, 0.29) is 12.7 Å². The van der Waals surface area contributed by atoms with Crippen molar-refractivity contribution in [3.8, 4) is 0 Å². The summed E-state index contributed by atoms with van der Waals surface area (Å²) in [5.41, 5.74) is 1.19. The molecule has 0 fully saturated rings. The normalized spacial score (nSPS) is 14.5. The Hall–Kier alpha value is -0.900. The van der Waals surface area contributed by atoms with Crippen LogP contribution in [0, 0.1) is 5.92 Å². The van der Waals surface area contributed by atoms with Crippen molar-refractivity contribution in [2.24, 2.45) is 5.92 Å². The largest absolute Gasteiger partial charge is 0.394 e. The lowest BCUT2D eigenvalue weighted by molar-refractivity contribution is 0.0150. The zero-order valence-electron chi connectivity index (χ0n) is 10.6. The third-order valence-corrected chi connectivity index (χ3v) is 2.72. The molecule has 0 radical (unpaired) electrons. The van der Waals surface area contributed by atoms with E-state index in [9.17, 15) is 0 Å². The number of hydrogen-bond acceptors (Lipinski definition) is 3. The summed E-state index contributed by atoms with van der Waals surface area (Å²) in [4.78, 5) is 0. The number of rotatable bonds is 8. The fraction of sp³-hybridized carbons (Fsp3) is 0.571. The van der Waals surface area contributed by atoms with Crippen LogP contribution >= 0.6 is 0 Å². The van der Waals surface area contributed by atoms with Crippen molar-refractivity contribution in [3.63, 3.8) is 0 Å². The highest BCUT2D eigenvalue weighted by Gasteiger charge is 2.11. The van der Waals surface area contributed by atoms with Gasteiger partial charge in [-0.3, -0.25) is 0 Å². The molecular formula is C14H22O3. The van der Waals surface area contributed by atoms with Gasteiger partial charge in [-0.25, -0.2) is 0 Å². The first-order chi connectivity index (χ1) is 8.26. The van der Waals surface area contributed by atoms with Gasteiger partial charge in [0, 0.05) is 13.7 Å². The van der Waals surface area contributed by atoms with Crippen molar-refractivity contribution in [2.75, 3.05) is 20.3 Å². The van der Waals surface area contributed by atoms with Crippen LogP contribution in [0.2, 0.25) is 0 Å². The third-order valence-electron chi connectivity index (χ3n) is 2.72. The Morgan fingerprint density at radius 2 is 1.94 bits per heavy atom. The maximum absolute atomic E-state index is 9.01. The molecule has 0 aliphatic carbocycles. The molecule has 1 aromatic carbocycles. The number of ether oxygens (including phenoxy) is 2. The van der Waals surface area contributed by atoms with Crippen LogP contribution in [0.15, 0.2) is 30.3 Å². The molecule has 0 aliphatic rings. The first-order valence-electron chi connectivity index (χ1n) is 6.01. The predicted octanol–water partition coefficient (Wildman–Crippen LogP) is 2.24. The molecule has 1 aromatic rings. The summed E-state index contributed by atoms with van der Waals surface area (Å²) in [6, 6.07) is 10.1. The van der Waals surface area contributed by atoms with E-state index in [1.54, 1.807) is 7.11 Å². The molecule has 96 valence electrons. The lowest BCUT2D eigenvalue weighted by Gasteiger charge is -2.17. The first-order valence-corrected chi connectivity index (χ1v) is 6.01. The van der Waals surface area contributed by atoms with Crippen molar-refractivity contribution in [3.05, 3.63) is 35.9 Å². The third kappa shape index (κ3) is 5.82. The monoisotopic (exact) mass is 238 g/mol. The quantitative estimate of drug-likeness (QED) is 0.755. The predicted molar refractivity (Wildman–Crippen MR) is 67.8 cm³/mol. The minimum absolute atomic E-state index is 0.0690. The number of hydrogen-bond donors (Lipinski definition) is 1. The maximum Gasteiger partial charge on any atom is 0.0805 e. The minimum Gasteiger partial charge on any atom is -0.394 e. The summed E-state index contributed by atoms with van der Waals surface area (Å²) < 4.78 is 10.8. The second-order valence-electron chi connectivity index (χ2n) is 4.38. The van der Waals surface area contributed by atoms with E-state index >= 15 is 0 Å². The molecular weight excluding hydrogens is 216 g/mol. The van der Waals surface area contributed by atoms with E-state index in [0.717, 1.165) is 6.42 Å². The second-order valence-corrected chi connectivity index (χ2v) is 4.38. The lowest BCUT2D eigenvalue weighted by Crippen LogP contribution is -2.21. The molecule has 0 aromatic heterocycles. The molecule has 0 amide bonds. The number of aliphatic hydroxyl groups is 1. The van der Waals surface area contributed by atoms with Crippen LogP contribution in [0.5, 0.6) is 0 Å². The highest BCUT2D eigenvalue weighted by atomic mass is 16.5. The summed E-state index contributed by atoms with van der Waals surface area (Å²) in [6.07, 6.45) is 0.743. The van der Waals surface area contributed by atoms with Crippen molar-refractivity contribution in [2.45, 2.75) is 26.1 Å². The molecule has 0 heterocycles. The Labute approximate surface area is 103 Å². The van der Waals surface area contributed by atoms with Gasteiger partial charge in [-0.2, -0.15) is 0 Å². The highest BCUT2D eigenvalue weighted by molar-refractivity contribution is 5.13. The molecule has 1 N–H and O–H groups in total. The number of aliphatic hydroxyl groups excluding tert-OH is 1. The fourth-order valence-corrected chi connectivity index (χ4v) is 1.71. The molecule has 2 atom stereocenters. The average molecular weight is 238 g/mol. The van der Waals surface area contributed by atoms with E-state index in [1.165, 1.54) is 5.56 Å². The summed E-state index contributed by atoms with van der Waals surface area (Å²) in [5.74, 6) is 0.385. The van der Waals surface area contributed by atoms with E-state index < -0.39 is 0 Å². The average Bonchev–Trinajstić information content (AvgIpc) is 2.37. The van der Waals surface area contributed by atoms with Crippen molar-refractivity contribution in [1.82, 2.24) is 0 Å². The van der Waals surface area contributed by atoms with Gasteiger partial charge in [-0.05, 0) is 17.9 Å². The molecule has 3 nitrogen and oxygen atoms in total. The maximum atomic E-state index is 9.01. The Balaban J connectivity index is 2.18. The smallest absolute Gasteiger partial charge is 0.0805 e. The standard InChI is InChI=1S/C14H22O3/c1-12(8-14(9-15)16-2)10-17-11-13-6-4-3-5-7-13/h3-7,12,14-15H,8-11H2,1-2H3/t12-,14-/m0/s1. The van der Waals surface area contributed by atoms with Gasteiger partial charge in [0.05, 0.1) is 19.3 Å².